The van der Waals surface area contributed by atoms with Gasteiger partial charge in [0.1, 0.15) is 0 Å². The monoisotopic (exact) mass is 485 g/mol. The quantitative estimate of drug-likeness (QED) is 0.294. The minimum absolute atomic E-state index is 0.122. The summed E-state index contributed by atoms with van der Waals surface area (Å²) < 4.78 is 28.5. The van der Waals surface area contributed by atoms with E-state index < -0.39 is 10.0 Å². The molecule has 33 heavy (non-hydrogen) atoms. The summed E-state index contributed by atoms with van der Waals surface area (Å²) in [5, 5.41) is -0.314. The van der Waals surface area contributed by atoms with Crippen molar-refractivity contribution in [2.24, 2.45) is 17.8 Å². The van der Waals surface area contributed by atoms with Crippen molar-refractivity contribution >= 4 is 21.6 Å². The number of rotatable bonds is 8. The highest BCUT2D eigenvalue weighted by atomic mass is 35.5. The Hall–Kier alpha value is -1.84. The van der Waals surface area contributed by atoms with Crippen molar-refractivity contribution in [2.75, 3.05) is 13.1 Å². The lowest BCUT2D eigenvalue weighted by Gasteiger charge is -2.19. The lowest BCUT2D eigenvalue weighted by Crippen LogP contribution is -2.29. The Labute approximate surface area is 205 Å². The number of nitrogens with zero attached hydrogens (tertiary/aromatic N) is 1. The molecule has 0 bridgehead atoms. The van der Waals surface area contributed by atoms with Crippen LogP contribution in [-0.4, -0.2) is 25.8 Å². The van der Waals surface area contributed by atoms with Gasteiger partial charge in [0.2, 0.25) is 10.0 Å². The number of hydrogen-bond acceptors (Lipinski definition) is 2. The van der Waals surface area contributed by atoms with Gasteiger partial charge in [0.15, 0.2) is 0 Å². The molecule has 1 saturated heterocycles. The van der Waals surface area contributed by atoms with E-state index in [1.54, 1.807) is 16.4 Å². The second-order valence-electron chi connectivity index (χ2n) is 9.98. The average Bonchev–Trinajstić information content (AvgIpc) is 3.17. The first-order chi connectivity index (χ1) is 15.6. The Morgan fingerprint density at radius 2 is 1.58 bits per heavy atom. The molecule has 0 N–H and O–H groups in total. The summed E-state index contributed by atoms with van der Waals surface area (Å²) in [4.78, 5) is 0.326. The molecule has 5 heteroatoms. The van der Waals surface area contributed by atoms with Crippen LogP contribution < -0.4 is 0 Å². The molecule has 1 aliphatic rings. The van der Waals surface area contributed by atoms with Gasteiger partial charge in [-0.25, -0.2) is 8.42 Å². The highest BCUT2D eigenvalue weighted by Gasteiger charge is 2.39. The number of hydrogen-bond donors (Lipinski definition) is 0. The van der Waals surface area contributed by atoms with Crippen LogP contribution in [0.1, 0.15) is 57.0 Å². The number of alkyl halides is 1. The molecular weight excluding hydrogens is 450 g/mol. The van der Waals surface area contributed by atoms with Gasteiger partial charge in [0.05, 0.1) is 10.3 Å². The van der Waals surface area contributed by atoms with Crippen molar-refractivity contribution < 1.29 is 8.42 Å². The summed E-state index contributed by atoms with van der Waals surface area (Å²) in [7, 11) is -3.61. The van der Waals surface area contributed by atoms with Crippen molar-refractivity contribution in [3.63, 3.8) is 0 Å². The summed E-state index contributed by atoms with van der Waals surface area (Å²) in [5.74, 6) is 0.906. The van der Waals surface area contributed by atoms with Crippen LogP contribution in [0.4, 0.5) is 0 Å². The summed E-state index contributed by atoms with van der Waals surface area (Å²) in [6.45, 7) is 11.5. The maximum Gasteiger partial charge on any atom is 0.243 e. The lowest BCUT2D eigenvalue weighted by atomic mass is 9.91. The van der Waals surface area contributed by atoms with Crippen molar-refractivity contribution in [1.29, 1.82) is 0 Å². The second kappa shape index (κ2) is 11.1. The lowest BCUT2D eigenvalue weighted by molar-refractivity contribution is 0.453. The van der Waals surface area contributed by atoms with E-state index in [0.29, 0.717) is 29.8 Å². The summed E-state index contributed by atoms with van der Waals surface area (Å²) in [6.07, 6.45) is 1.91. The molecule has 0 aliphatic carbocycles. The summed E-state index contributed by atoms with van der Waals surface area (Å²) in [5.41, 5.74) is 7.97. The molecule has 2 aromatic rings. The fraction of sp³-hybridized carbons (Fsp3) is 0.464. The van der Waals surface area contributed by atoms with Crippen LogP contribution >= 0.6 is 11.6 Å². The predicted molar refractivity (Wildman–Crippen MR) is 138 cm³/mol. The number of benzene rings is 2. The normalized spacial score (nSPS) is 18.1. The van der Waals surface area contributed by atoms with Gasteiger partial charge in [-0.3, -0.25) is 0 Å². The zero-order chi connectivity index (χ0) is 24.2. The van der Waals surface area contributed by atoms with E-state index in [0.717, 1.165) is 29.5 Å². The topological polar surface area (TPSA) is 37.4 Å². The van der Waals surface area contributed by atoms with E-state index in [2.05, 4.69) is 33.4 Å². The van der Waals surface area contributed by atoms with E-state index in [9.17, 15) is 8.42 Å². The highest BCUT2D eigenvalue weighted by Crippen LogP contribution is 2.40. The Kier molecular flexibility index (Phi) is 8.64. The van der Waals surface area contributed by atoms with Gasteiger partial charge in [-0.1, -0.05) is 75.7 Å². The van der Waals surface area contributed by atoms with Crippen LogP contribution in [0.2, 0.25) is 0 Å². The van der Waals surface area contributed by atoms with Crippen molar-refractivity contribution in [2.45, 2.75) is 57.7 Å². The third kappa shape index (κ3) is 6.61. The van der Waals surface area contributed by atoms with Crippen molar-refractivity contribution in [3.8, 4) is 0 Å². The molecule has 0 spiro atoms. The Balaban J connectivity index is 2.05. The smallest absolute Gasteiger partial charge is 0.207 e. The van der Waals surface area contributed by atoms with E-state index in [-0.39, 0.29) is 11.3 Å². The first-order valence-corrected chi connectivity index (χ1v) is 13.7. The fourth-order valence-corrected chi connectivity index (χ4v) is 6.23. The van der Waals surface area contributed by atoms with Crippen LogP contribution in [0.3, 0.4) is 0 Å². The minimum atomic E-state index is -3.61. The standard InChI is InChI=1S/C28H36ClNO2S/c1-20(2)15-23(16-21(3)4)17-25-18-30(33(31,32)26-13-11-22(5)12-14-26)19-27(25)28(29)24-9-7-6-8-10-24/h6-14,20-21,27-28H,15-16,18-19H2,1-5H3/t27-,28-/m1/s1. The SMILES string of the molecule is Cc1ccc(S(=O)(=O)N2CC(=C=C(CC(C)C)CC(C)C)[C@H]([C@H](Cl)c3ccccc3)C2)cc1. The molecule has 3 nitrogen and oxygen atoms in total. The molecule has 1 aliphatic heterocycles. The van der Waals surface area contributed by atoms with Crippen LogP contribution in [0.5, 0.6) is 0 Å². The van der Waals surface area contributed by atoms with Gasteiger partial charge < -0.3 is 0 Å². The van der Waals surface area contributed by atoms with Gasteiger partial charge in [0.25, 0.3) is 0 Å². The molecule has 0 aromatic heterocycles. The first-order valence-electron chi connectivity index (χ1n) is 11.8. The van der Waals surface area contributed by atoms with Crippen molar-refractivity contribution in [1.82, 2.24) is 4.31 Å². The molecule has 0 unspecified atom stereocenters. The van der Waals surface area contributed by atoms with Crippen LogP contribution in [-0.2, 0) is 10.0 Å². The molecule has 178 valence electrons. The summed E-state index contributed by atoms with van der Waals surface area (Å²) in [6, 6.07) is 17.0. The van der Waals surface area contributed by atoms with Gasteiger partial charge in [-0.05, 0) is 60.4 Å². The molecule has 2 aromatic carbocycles. The Bertz CT molecular complexity index is 1090. The second-order valence-corrected chi connectivity index (χ2v) is 12.4. The zero-order valence-electron chi connectivity index (χ0n) is 20.4. The molecule has 3 rings (SSSR count). The molecule has 0 saturated carbocycles. The summed E-state index contributed by atoms with van der Waals surface area (Å²) >= 11 is 6.99. The highest BCUT2D eigenvalue weighted by molar-refractivity contribution is 7.89. The number of aryl methyl sites for hydroxylation is 1. The maximum absolute atomic E-state index is 13.5. The van der Waals surface area contributed by atoms with Gasteiger partial charge in [-0.15, -0.1) is 17.3 Å². The van der Waals surface area contributed by atoms with Gasteiger partial charge in [-0.2, -0.15) is 4.31 Å². The van der Waals surface area contributed by atoms with E-state index in [1.807, 2.05) is 49.4 Å². The zero-order valence-corrected chi connectivity index (χ0v) is 22.0. The third-order valence-electron chi connectivity index (χ3n) is 5.97. The molecule has 0 amide bonds. The third-order valence-corrected chi connectivity index (χ3v) is 8.35. The van der Waals surface area contributed by atoms with Gasteiger partial charge in [0, 0.05) is 19.0 Å². The van der Waals surface area contributed by atoms with Gasteiger partial charge >= 0.3 is 0 Å². The Morgan fingerprint density at radius 1 is 1.00 bits per heavy atom. The Morgan fingerprint density at radius 3 is 2.12 bits per heavy atom. The van der Waals surface area contributed by atoms with E-state index in [4.69, 9.17) is 11.6 Å². The van der Waals surface area contributed by atoms with Crippen molar-refractivity contribution in [3.05, 3.63) is 82.6 Å². The maximum atomic E-state index is 13.5. The predicted octanol–water partition coefficient (Wildman–Crippen LogP) is 7.14. The fourth-order valence-electron chi connectivity index (χ4n) is 4.41. The van der Waals surface area contributed by atoms with Crippen LogP contribution in [0.15, 0.2) is 76.4 Å². The number of sulfonamides is 1. The minimum Gasteiger partial charge on any atom is -0.207 e. The van der Waals surface area contributed by atoms with Crippen LogP contribution in [0.25, 0.3) is 0 Å². The molecule has 0 radical (unpaired) electrons. The molecule has 1 heterocycles. The molecular formula is C28H36ClNO2S. The molecule has 1 fully saturated rings. The van der Waals surface area contributed by atoms with E-state index >= 15 is 0 Å². The van der Waals surface area contributed by atoms with Crippen LogP contribution in [0, 0.1) is 24.7 Å². The number of halogens is 1. The molecule has 2 atom stereocenters. The average molecular weight is 486 g/mol. The largest absolute Gasteiger partial charge is 0.243 e. The van der Waals surface area contributed by atoms with E-state index in [1.165, 1.54) is 5.57 Å². The first kappa shape index (κ1) is 25.8.